The first-order valence-corrected chi connectivity index (χ1v) is 12.5. The summed E-state index contributed by atoms with van der Waals surface area (Å²) in [6.45, 7) is 1.71. The van der Waals surface area contributed by atoms with Gasteiger partial charge in [0.2, 0.25) is 12.7 Å². The van der Waals surface area contributed by atoms with Gasteiger partial charge in [0.25, 0.3) is 0 Å². The Balaban J connectivity index is 1.54. The van der Waals surface area contributed by atoms with Gasteiger partial charge in [-0.1, -0.05) is 48.5 Å². The molecule has 6 heteroatoms. The Kier molecular flexibility index (Phi) is 4.87. The highest BCUT2D eigenvalue weighted by atomic mass is 16.7. The third-order valence-electron chi connectivity index (χ3n) is 7.75. The van der Waals surface area contributed by atoms with Gasteiger partial charge in [-0.25, -0.2) is 4.79 Å². The Morgan fingerprint density at radius 2 is 1.58 bits per heavy atom. The Morgan fingerprint density at radius 3 is 2.44 bits per heavy atom. The van der Waals surface area contributed by atoms with Crippen LogP contribution in [0.1, 0.15) is 47.8 Å². The van der Waals surface area contributed by atoms with Gasteiger partial charge in [0.15, 0.2) is 11.5 Å². The van der Waals surface area contributed by atoms with Crippen molar-refractivity contribution in [2.24, 2.45) is 0 Å². The number of hydrogen-bond donors (Lipinski definition) is 0. The minimum atomic E-state index is -0.455. The molecule has 0 bridgehead atoms. The van der Waals surface area contributed by atoms with Crippen LogP contribution in [-0.2, 0) is 4.79 Å². The first kappa shape index (κ1) is 21.2. The summed E-state index contributed by atoms with van der Waals surface area (Å²) in [6.07, 6.45) is 3.18. The minimum Gasteiger partial charge on any atom is -0.454 e. The van der Waals surface area contributed by atoms with Crippen LogP contribution in [-0.4, -0.2) is 30.7 Å². The molecule has 0 spiro atoms. The molecule has 6 nitrogen and oxygen atoms in total. The Labute approximate surface area is 208 Å². The zero-order chi connectivity index (χ0) is 24.2. The molecule has 7 rings (SSSR count). The van der Waals surface area contributed by atoms with E-state index in [9.17, 15) is 9.59 Å². The average molecular weight is 480 g/mol. The van der Waals surface area contributed by atoms with Crippen molar-refractivity contribution in [2.45, 2.75) is 31.1 Å². The fraction of sp³-hybridized carbons (Fsp3) is 0.267. The van der Waals surface area contributed by atoms with Gasteiger partial charge >= 0.3 is 5.63 Å². The van der Waals surface area contributed by atoms with Crippen molar-refractivity contribution >= 4 is 16.7 Å². The van der Waals surface area contributed by atoms with Gasteiger partial charge in [-0.05, 0) is 54.0 Å². The second-order valence-corrected chi connectivity index (χ2v) is 9.72. The maximum atomic E-state index is 14.3. The molecule has 0 N–H and O–H groups in total. The Hall–Kier alpha value is -4.06. The number of likely N-dealkylation sites (tertiary alicyclic amines) is 1. The molecule has 1 aliphatic carbocycles. The third-order valence-corrected chi connectivity index (χ3v) is 7.75. The van der Waals surface area contributed by atoms with Crippen LogP contribution in [0.3, 0.4) is 0 Å². The van der Waals surface area contributed by atoms with Crippen molar-refractivity contribution in [1.82, 2.24) is 4.90 Å². The second-order valence-electron chi connectivity index (χ2n) is 9.72. The van der Waals surface area contributed by atoms with E-state index in [1.807, 2.05) is 65.6 Å². The van der Waals surface area contributed by atoms with Crippen LogP contribution in [0.25, 0.3) is 22.1 Å². The van der Waals surface area contributed by atoms with Gasteiger partial charge in [-0.3, -0.25) is 4.79 Å². The molecule has 0 radical (unpaired) electrons. The number of nitrogens with zero attached hydrogens (tertiary/aromatic N) is 1. The molecule has 1 aromatic heterocycles. The van der Waals surface area contributed by atoms with Crippen LogP contribution in [0.5, 0.6) is 11.5 Å². The standard InChI is InChI=1S/C30H25NO5/c32-29(31-14-6-1-7-15-31)27-19-8-2-4-10-21(19)28-26(20-9-3-5-11-22(20)30(33)36-28)25(27)18-12-13-23-24(16-18)35-17-34-23/h2-5,8-13,16,25,27H,1,6-7,14-15,17H2. The minimum absolute atomic E-state index is 0.116. The molecule has 3 aliphatic rings. The van der Waals surface area contributed by atoms with Crippen molar-refractivity contribution in [1.29, 1.82) is 0 Å². The summed E-state index contributed by atoms with van der Waals surface area (Å²) in [5, 5.41) is 1.34. The number of fused-ring (bicyclic) bond motifs is 6. The highest BCUT2D eigenvalue weighted by molar-refractivity contribution is 5.97. The van der Waals surface area contributed by atoms with Crippen molar-refractivity contribution in [3.63, 3.8) is 0 Å². The van der Waals surface area contributed by atoms with E-state index in [1.54, 1.807) is 6.07 Å². The lowest BCUT2D eigenvalue weighted by Crippen LogP contribution is -2.41. The molecule has 180 valence electrons. The van der Waals surface area contributed by atoms with Crippen molar-refractivity contribution in [3.05, 3.63) is 93.8 Å². The van der Waals surface area contributed by atoms with E-state index >= 15 is 0 Å². The van der Waals surface area contributed by atoms with Gasteiger partial charge in [0, 0.05) is 30.1 Å². The monoisotopic (exact) mass is 479 g/mol. The summed E-state index contributed by atoms with van der Waals surface area (Å²) in [6, 6.07) is 21.3. The SMILES string of the molecule is O=C(C1c2ccccc2-c2oc(=O)c3ccccc3c2C1c1ccc2c(c1)OCO2)N1CCCCC1. The van der Waals surface area contributed by atoms with E-state index < -0.39 is 5.92 Å². The number of piperidine rings is 1. The highest BCUT2D eigenvalue weighted by Crippen LogP contribution is 2.53. The number of carbonyl (C=O) groups excluding carboxylic acids is 1. The first-order chi connectivity index (χ1) is 17.7. The van der Waals surface area contributed by atoms with Crippen LogP contribution in [0.2, 0.25) is 0 Å². The smallest absolute Gasteiger partial charge is 0.344 e. The molecule has 1 saturated heterocycles. The van der Waals surface area contributed by atoms with Gasteiger partial charge in [-0.15, -0.1) is 0 Å². The zero-order valence-corrected chi connectivity index (χ0v) is 19.7. The van der Waals surface area contributed by atoms with Crippen molar-refractivity contribution < 1.29 is 18.7 Å². The van der Waals surface area contributed by atoms with Crippen LogP contribution < -0.4 is 15.1 Å². The molecule has 2 atom stereocenters. The van der Waals surface area contributed by atoms with E-state index in [-0.39, 0.29) is 24.2 Å². The summed E-state index contributed by atoms with van der Waals surface area (Å²) < 4.78 is 17.3. The maximum Gasteiger partial charge on any atom is 0.344 e. The van der Waals surface area contributed by atoms with E-state index in [2.05, 4.69) is 0 Å². The first-order valence-electron chi connectivity index (χ1n) is 12.5. The molecule has 1 fully saturated rings. The van der Waals surface area contributed by atoms with Gasteiger partial charge in [-0.2, -0.15) is 0 Å². The van der Waals surface area contributed by atoms with Crippen molar-refractivity contribution in [2.75, 3.05) is 19.9 Å². The normalized spacial score (nSPS) is 20.2. The molecule has 1 amide bonds. The quantitative estimate of drug-likeness (QED) is 0.384. The summed E-state index contributed by atoms with van der Waals surface area (Å²) in [4.78, 5) is 29.4. The molecule has 0 saturated carbocycles. The van der Waals surface area contributed by atoms with Crippen LogP contribution >= 0.6 is 0 Å². The lowest BCUT2D eigenvalue weighted by Gasteiger charge is -2.38. The molecule has 2 unspecified atom stereocenters. The fourth-order valence-electron chi connectivity index (χ4n) is 6.10. The lowest BCUT2D eigenvalue weighted by atomic mass is 9.69. The third kappa shape index (κ3) is 3.17. The average Bonchev–Trinajstić information content (AvgIpc) is 3.41. The van der Waals surface area contributed by atoms with Crippen molar-refractivity contribution in [3.8, 4) is 22.8 Å². The second kappa shape index (κ2) is 8.26. The topological polar surface area (TPSA) is 69.0 Å². The van der Waals surface area contributed by atoms with Gasteiger partial charge in [0.05, 0.1) is 11.3 Å². The number of benzene rings is 3. The summed E-state index contributed by atoms with van der Waals surface area (Å²) in [5.41, 5.74) is 3.14. The van der Waals surface area contributed by atoms with Crippen LogP contribution in [0, 0.1) is 0 Å². The fourth-order valence-corrected chi connectivity index (χ4v) is 6.10. The van der Waals surface area contributed by atoms with Gasteiger partial charge < -0.3 is 18.8 Å². The highest BCUT2D eigenvalue weighted by Gasteiger charge is 2.43. The molecule has 4 aromatic rings. The van der Waals surface area contributed by atoms with E-state index in [4.69, 9.17) is 13.9 Å². The van der Waals surface area contributed by atoms with Gasteiger partial charge in [0.1, 0.15) is 5.76 Å². The molecule has 36 heavy (non-hydrogen) atoms. The molecule has 3 heterocycles. The molecular formula is C30H25NO5. The van der Waals surface area contributed by atoms with E-state index in [0.717, 1.165) is 60.0 Å². The Bertz CT molecular complexity index is 1570. The number of hydrogen-bond acceptors (Lipinski definition) is 5. The molecular weight excluding hydrogens is 454 g/mol. The molecule has 2 aliphatic heterocycles. The lowest BCUT2D eigenvalue weighted by molar-refractivity contribution is -0.134. The number of carbonyl (C=O) groups is 1. The van der Waals surface area contributed by atoms with Crippen LogP contribution in [0.4, 0.5) is 0 Å². The maximum absolute atomic E-state index is 14.3. The summed E-state index contributed by atoms with van der Waals surface area (Å²) in [5.74, 6) is 1.21. The van der Waals surface area contributed by atoms with E-state index in [0.29, 0.717) is 22.6 Å². The number of rotatable bonds is 2. The molecule has 3 aromatic carbocycles. The predicted octanol–water partition coefficient (Wildman–Crippen LogP) is 5.43. The van der Waals surface area contributed by atoms with Crippen LogP contribution in [0.15, 0.2) is 75.9 Å². The summed E-state index contributed by atoms with van der Waals surface area (Å²) >= 11 is 0. The number of amides is 1. The summed E-state index contributed by atoms with van der Waals surface area (Å²) in [7, 11) is 0. The largest absolute Gasteiger partial charge is 0.454 e. The van der Waals surface area contributed by atoms with E-state index in [1.165, 1.54) is 0 Å². The predicted molar refractivity (Wildman–Crippen MR) is 135 cm³/mol. The zero-order valence-electron chi connectivity index (χ0n) is 19.7. The Morgan fingerprint density at radius 1 is 0.833 bits per heavy atom. The number of ether oxygens (including phenoxy) is 2.